The van der Waals surface area contributed by atoms with E-state index < -0.39 is 143 Å². The summed E-state index contributed by atoms with van der Waals surface area (Å²) in [6, 6.07) is -3.81. The van der Waals surface area contributed by atoms with Crippen molar-refractivity contribution in [3.8, 4) is 0 Å². The van der Waals surface area contributed by atoms with Gasteiger partial charge in [0.15, 0.2) is 0 Å². The number of alkyl halides is 28. The molecule has 1 spiro atoms. The van der Waals surface area contributed by atoms with Crippen LogP contribution in [0.2, 0.25) is 0 Å². The molecule has 4 rings (SSSR count). The van der Waals surface area contributed by atoms with Crippen molar-refractivity contribution in [2.24, 2.45) is 0 Å². The zero-order valence-electron chi connectivity index (χ0n) is 26.5. The Morgan fingerprint density at radius 2 is 0.534 bits per heavy atom. The molecule has 0 atom stereocenters. The van der Waals surface area contributed by atoms with Gasteiger partial charge >= 0.3 is 299 Å². The Morgan fingerprint density at radius 3 is 0.724 bits per heavy atom. The van der Waals surface area contributed by atoms with Crippen LogP contribution in [0, 0.1) is 0 Å². The van der Waals surface area contributed by atoms with E-state index in [-0.39, 0.29) is 24.3 Å². The van der Waals surface area contributed by atoms with Gasteiger partial charge in [-0.15, -0.1) is 0 Å². The SMILES string of the molecule is CP12(OC(C(F)(F)C(F)(F)C(F)(F)F)(C(F)(F)C(F)(F)C(F)(F)F)c3ccccc31)OC(C(F)(F)C(F)(F)C(F)(F)F)(C(F)(F)C(F)(F)C(F)(F)F)c1ccccc12. The second-order valence-corrected chi connectivity index (χ2v) is 16.6. The molecule has 0 fully saturated rings. The van der Waals surface area contributed by atoms with Gasteiger partial charge in [-0.25, -0.2) is 0 Å². The first kappa shape index (κ1) is 47.5. The van der Waals surface area contributed by atoms with E-state index in [2.05, 4.69) is 9.05 Å². The van der Waals surface area contributed by atoms with E-state index >= 15 is 35.1 Å². The van der Waals surface area contributed by atoms with Crippen molar-refractivity contribution >= 4 is 17.7 Å². The van der Waals surface area contributed by atoms with Crippen molar-refractivity contribution in [1.82, 2.24) is 0 Å². The van der Waals surface area contributed by atoms with E-state index in [1.54, 1.807) is 0 Å². The summed E-state index contributed by atoms with van der Waals surface area (Å²) in [5.74, 6) is -68.6. The van der Waals surface area contributed by atoms with Crippen molar-refractivity contribution in [3.05, 3.63) is 59.7 Å². The van der Waals surface area contributed by atoms with E-state index in [9.17, 15) is 87.8 Å². The Balaban J connectivity index is 2.45. The molecule has 0 radical (unpaired) electrons. The normalized spacial score (nSPS) is 21.4. The molecule has 0 aromatic heterocycles. The predicted octanol–water partition coefficient (Wildman–Crippen LogP) is 11.4. The predicted molar refractivity (Wildman–Crippen MR) is 134 cm³/mol. The van der Waals surface area contributed by atoms with Crippen LogP contribution in [0.25, 0.3) is 0 Å². The van der Waals surface area contributed by atoms with Gasteiger partial charge in [0.2, 0.25) is 0 Å². The third kappa shape index (κ3) is 4.98. The molecule has 58 heavy (non-hydrogen) atoms. The minimum absolute atomic E-state index is 0.0762. The average Bonchev–Trinajstić information content (AvgIpc) is 3.45. The first-order chi connectivity index (χ1) is 25.2. The van der Waals surface area contributed by atoms with E-state index in [0.717, 1.165) is 0 Å². The van der Waals surface area contributed by atoms with Gasteiger partial charge in [-0.05, 0) is 0 Å². The van der Waals surface area contributed by atoms with E-state index in [1.165, 1.54) is 0 Å². The monoisotopic (exact) mass is 930 g/mol. The fourth-order valence-electron chi connectivity index (χ4n) is 6.45. The van der Waals surface area contributed by atoms with Crippen LogP contribution < -0.4 is 10.6 Å². The van der Waals surface area contributed by atoms with Crippen molar-refractivity contribution in [1.29, 1.82) is 0 Å². The molecule has 0 unspecified atom stereocenters. The van der Waals surface area contributed by atoms with E-state index in [1.807, 2.05) is 0 Å². The standard InChI is InChI=1S/C27H11F28O2P/c1-58(12-8-4-2-6-10(12)14(56-58,16(28,29)20(36,37)24(44,45)46)17(30,31)21(38,39)25(47,48)49)13-9-5-3-7-11(13)15(57-58,18(32,33)22(40,41)26(50,51)52)19(34,35)23(42,43)27(53,54)55/h2-9H,1H3. The molecular formula is C27H11F28O2P. The first-order valence-corrected chi connectivity index (χ1v) is 16.6. The molecule has 0 saturated carbocycles. The molecule has 2 aliphatic rings. The van der Waals surface area contributed by atoms with Gasteiger partial charge in [-0.1, -0.05) is 0 Å². The summed E-state index contributed by atoms with van der Waals surface area (Å²) in [6.45, 7) is -0.958. The van der Waals surface area contributed by atoms with Crippen molar-refractivity contribution in [2.45, 2.75) is 83.3 Å². The maximum absolute atomic E-state index is 16.0. The van der Waals surface area contributed by atoms with E-state index in [4.69, 9.17) is 0 Å². The van der Waals surface area contributed by atoms with E-state index in [0.29, 0.717) is 0 Å². The molecule has 0 aliphatic carbocycles. The summed E-state index contributed by atoms with van der Waals surface area (Å²) in [6.07, 6.45) is -32.7. The van der Waals surface area contributed by atoms with Crippen molar-refractivity contribution in [2.75, 3.05) is 6.66 Å². The quantitative estimate of drug-likeness (QED) is 0.194. The summed E-state index contributed by atoms with van der Waals surface area (Å²) in [5.41, 5.74) is -22.3. The third-order valence-electron chi connectivity index (χ3n) is 9.17. The summed E-state index contributed by atoms with van der Waals surface area (Å²) >= 11 is 0. The zero-order chi connectivity index (χ0) is 45.8. The zero-order valence-corrected chi connectivity index (χ0v) is 27.4. The van der Waals surface area contributed by atoms with Crippen LogP contribution in [-0.2, 0) is 20.2 Å². The minimum atomic E-state index is -8.85. The Hall–Kier alpha value is -3.17. The summed E-state index contributed by atoms with van der Waals surface area (Å²) in [7, 11) is -8.85. The van der Waals surface area contributed by atoms with Gasteiger partial charge in [0, 0.05) is 0 Å². The molecule has 2 heterocycles. The van der Waals surface area contributed by atoms with Crippen LogP contribution >= 0.6 is 7.06 Å². The molecule has 0 amide bonds. The molecular weight excluding hydrogens is 919 g/mol. The number of hydrogen-bond donors (Lipinski definition) is 0. The van der Waals surface area contributed by atoms with Gasteiger partial charge in [-0.2, -0.15) is 0 Å². The van der Waals surface area contributed by atoms with Crippen LogP contribution in [0.1, 0.15) is 11.1 Å². The topological polar surface area (TPSA) is 18.5 Å². The molecule has 0 N–H and O–H groups in total. The summed E-state index contributed by atoms with van der Waals surface area (Å²) < 4.78 is 417. The Bertz CT molecular complexity index is 1740. The number of rotatable bonds is 8. The van der Waals surface area contributed by atoms with Crippen LogP contribution in [0.15, 0.2) is 48.5 Å². The Kier molecular flexibility index (Phi) is 9.67. The number of benzene rings is 2. The van der Waals surface area contributed by atoms with Crippen LogP contribution in [0.4, 0.5) is 123 Å². The second kappa shape index (κ2) is 11.8. The van der Waals surface area contributed by atoms with Crippen molar-refractivity contribution < 1.29 is 132 Å². The molecule has 2 aliphatic heterocycles. The molecule has 0 bridgehead atoms. The van der Waals surface area contributed by atoms with Gasteiger partial charge in [0.1, 0.15) is 0 Å². The molecule has 2 aromatic carbocycles. The van der Waals surface area contributed by atoms with Crippen LogP contribution in [0.5, 0.6) is 0 Å². The van der Waals surface area contributed by atoms with Crippen LogP contribution in [0.3, 0.4) is 0 Å². The molecule has 2 aromatic rings. The first-order valence-electron chi connectivity index (χ1n) is 14.1. The Labute approximate surface area is 300 Å². The fourth-order valence-corrected chi connectivity index (χ4v) is 11.6. The summed E-state index contributed by atoms with van der Waals surface area (Å²) in [5, 5.41) is -5.62. The van der Waals surface area contributed by atoms with Crippen molar-refractivity contribution in [3.63, 3.8) is 0 Å². The summed E-state index contributed by atoms with van der Waals surface area (Å²) in [4.78, 5) is 0. The fraction of sp³-hybridized carbons (Fsp3) is 0.556. The molecule has 31 heteroatoms. The van der Waals surface area contributed by atoms with Gasteiger partial charge in [0.25, 0.3) is 0 Å². The van der Waals surface area contributed by atoms with Gasteiger partial charge in [0.05, 0.1) is 0 Å². The molecule has 2 nitrogen and oxygen atoms in total. The number of halogens is 28. The van der Waals surface area contributed by atoms with Crippen LogP contribution in [-0.4, -0.2) is 78.8 Å². The molecule has 332 valence electrons. The third-order valence-corrected chi connectivity index (χ3v) is 13.6. The second-order valence-electron chi connectivity index (χ2n) is 12.5. The maximum atomic E-state index is 16.0. The van der Waals surface area contributed by atoms with Gasteiger partial charge in [-0.3, -0.25) is 0 Å². The molecule has 0 saturated heterocycles. The Morgan fingerprint density at radius 1 is 0.345 bits per heavy atom. The van der Waals surface area contributed by atoms with Gasteiger partial charge < -0.3 is 0 Å². The number of fused-ring (bicyclic) bond motifs is 4. The number of hydrogen-bond acceptors (Lipinski definition) is 2. The average molecular weight is 930 g/mol.